The van der Waals surface area contributed by atoms with Gasteiger partial charge in [-0.3, -0.25) is 0 Å². The maximum Gasteiger partial charge on any atom is 0.283 e. The van der Waals surface area contributed by atoms with Crippen LogP contribution >= 0.6 is 0 Å². The maximum absolute atomic E-state index is 13.1. The number of furan rings is 1. The molecule has 0 unspecified atom stereocenters. The van der Waals surface area contributed by atoms with Gasteiger partial charge in [0.05, 0.1) is 0 Å². The number of rotatable bonds is 5. The standard InChI is InChI=1S/C21H23FN4O4S/c22-16-5-7-17(8-6-16)25-11-13-26(14-12-25)31(27,28)19-10-9-18(29-19)21-24-23-20(30-21)15-3-1-2-4-15/h5-10,15H,1-4,11-14H2. The molecule has 2 aliphatic rings. The lowest BCUT2D eigenvalue weighted by Crippen LogP contribution is -2.48. The van der Waals surface area contributed by atoms with Gasteiger partial charge in [0.25, 0.3) is 15.9 Å². The normalized spacial score (nSPS) is 18.7. The van der Waals surface area contributed by atoms with Gasteiger partial charge in [0.1, 0.15) is 5.82 Å². The van der Waals surface area contributed by atoms with Crippen molar-refractivity contribution < 1.29 is 21.6 Å². The molecule has 0 radical (unpaired) electrons. The van der Waals surface area contributed by atoms with Crippen LogP contribution < -0.4 is 4.90 Å². The Balaban J connectivity index is 1.27. The minimum atomic E-state index is -3.78. The average molecular weight is 447 g/mol. The SMILES string of the molecule is O=S(=O)(c1ccc(-c2nnc(C3CCCC3)o2)o1)N1CCN(c2ccc(F)cc2)CC1. The Morgan fingerprint density at radius 3 is 2.32 bits per heavy atom. The van der Waals surface area contributed by atoms with Gasteiger partial charge in [-0.15, -0.1) is 10.2 Å². The number of anilines is 1. The number of benzene rings is 1. The molecule has 1 aliphatic carbocycles. The Hall–Kier alpha value is -2.72. The van der Waals surface area contributed by atoms with Crippen molar-refractivity contribution in [1.29, 1.82) is 0 Å². The molecular weight excluding hydrogens is 423 g/mol. The molecule has 31 heavy (non-hydrogen) atoms. The molecule has 1 saturated carbocycles. The van der Waals surface area contributed by atoms with E-state index in [1.54, 1.807) is 18.2 Å². The van der Waals surface area contributed by atoms with E-state index in [9.17, 15) is 12.8 Å². The molecule has 3 heterocycles. The van der Waals surface area contributed by atoms with Gasteiger partial charge in [0.2, 0.25) is 11.0 Å². The zero-order valence-corrected chi connectivity index (χ0v) is 17.7. The van der Waals surface area contributed by atoms with Crippen molar-refractivity contribution in [3.63, 3.8) is 0 Å². The molecule has 8 nitrogen and oxygen atoms in total. The molecule has 1 aromatic carbocycles. The fourth-order valence-corrected chi connectivity index (χ4v) is 5.55. The zero-order chi connectivity index (χ0) is 21.4. The van der Waals surface area contributed by atoms with E-state index in [1.807, 2.05) is 4.90 Å². The molecular formula is C21H23FN4O4S. The van der Waals surface area contributed by atoms with Crippen LogP contribution in [0, 0.1) is 5.82 Å². The van der Waals surface area contributed by atoms with Crippen LogP contribution in [-0.4, -0.2) is 49.1 Å². The molecule has 0 bridgehead atoms. The van der Waals surface area contributed by atoms with E-state index in [4.69, 9.17) is 8.83 Å². The third-order valence-electron chi connectivity index (χ3n) is 5.96. The highest BCUT2D eigenvalue weighted by Crippen LogP contribution is 2.35. The lowest BCUT2D eigenvalue weighted by molar-refractivity contribution is 0.361. The van der Waals surface area contributed by atoms with Gasteiger partial charge >= 0.3 is 0 Å². The summed E-state index contributed by atoms with van der Waals surface area (Å²) in [5.41, 5.74) is 0.869. The summed E-state index contributed by atoms with van der Waals surface area (Å²) >= 11 is 0. The van der Waals surface area contributed by atoms with Crippen LogP contribution in [0.5, 0.6) is 0 Å². The van der Waals surface area contributed by atoms with E-state index in [-0.39, 0.29) is 28.5 Å². The second kappa shape index (κ2) is 8.08. The monoisotopic (exact) mass is 446 g/mol. The summed E-state index contributed by atoms with van der Waals surface area (Å²) in [5, 5.41) is 8.01. The number of aromatic nitrogens is 2. The number of hydrogen-bond acceptors (Lipinski definition) is 7. The van der Waals surface area contributed by atoms with Gasteiger partial charge < -0.3 is 13.7 Å². The molecule has 1 saturated heterocycles. The first-order valence-electron chi connectivity index (χ1n) is 10.4. The lowest BCUT2D eigenvalue weighted by Gasteiger charge is -2.34. The second-order valence-electron chi connectivity index (χ2n) is 7.91. The summed E-state index contributed by atoms with van der Waals surface area (Å²) in [5.74, 6) is 1.02. The van der Waals surface area contributed by atoms with Crippen molar-refractivity contribution in [2.24, 2.45) is 0 Å². The molecule has 164 valence electrons. The van der Waals surface area contributed by atoms with E-state index in [0.29, 0.717) is 32.1 Å². The largest absolute Gasteiger partial charge is 0.438 e. The minimum absolute atomic E-state index is 0.140. The van der Waals surface area contributed by atoms with Gasteiger partial charge in [-0.05, 0) is 49.2 Å². The topological polar surface area (TPSA) is 92.7 Å². The Morgan fingerprint density at radius 2 is 1.61 bits per heavy atom. The molecule has 2 aromatic heterocycles. The summed E-state index contributed by atoms with van der Waals surface area (Å²) in [4.78, 5) is 2.03. The van der Waals surface area contributed by atoms with Gasteiger partial charge in [0.15, 0.2) is 5.76 Å². The van der Waals surface area contributed by atoms with Crippen molar-refractivity contribution >= 4 is 15.7 Å². The molecule has 1 aliphatic heterocycles. The molecule has 10 heteroatoms. The summed E-state index contributed by atoms with van der Waals surface area (Å²) in [7, 11) is -3.78. The molecule has 2 fully saturated rings. The molecule has 3 aromatic rings. The summed E-state index contributed by atoms with van der Waals surface area (Å²) in [6, 6.07) is 9.17. The van der Waals surface area contributed by atoms with Crippen molar-refractivity contribution in [2.45, 2.75) is 36.7 Å². The summed E-state index contributed by atoms with van der Waals surface area (Å²) < 4.78 is 51.9. The van der Waals surface area contributed by atoms with E-state index < -0.39 is 10.0 Å². The first-order chi connectivity index (χ1) is 15.0. The van der Waals surface area contributed by atoms with E-state index in [2.05, 4.69) is 10.2 Å². The number of nitrogens with zero attached hydrogens (tertiary/aromatic N) is 4. The smallest absolute Gasteiger partial charge is 0.283 e. The quantitative estimate of drug-likeness (QED) is 0.591. The van der Waals surface area contributed by atoms with Crippen molar-refractivity contribution in [3.05, 3.63) is 48.1 Å². The van der Waals surface area contributed by atoms with Crippen LogP contribution in [-0.2, 0) is 10.0 Å². The van der Waals surface area contributed by atoms with E-state index in [0.717, 1.165) is 31.4 Å². The third-order valence-corrected chi connectivity index (χ3v) is 7.73. The molecule has 5 rings (SSSR count). The minimum Gasteiger partial charge on any atom is -0.438 e. The summed E-state index contributed by atoms with van der Waals surface area (Å²) in [6.07, 6.45) is 4.37. The van der Waals surface area contributed by atoms with Crippen LogP contribution in [0.4, 0.5) is 10.1 Å². The first-order valence-corrected chi connectivity index (χ1v) is 11.9. The highest BCUT2D eigenvalue weighted by Gasteiger charge is 2.32. The molecule has 0 spiro atoms. The van der Waals surface area contributed by atoms with Crippen LogP contribution in [0.15, 0.2) is 50.3 Å². The molecule has 0 atom stereocenters. The van der Waals surface area contributed by atoms with Crippen molar-refractivity contribution in [2.75, 3.05) is 31.1 Å². The molecule has 0 N–H and O–H groups in total. The van der Waals surface area contributed by atoms with Gasteiger partial charge in [-0.1, -0.05) is 12.8 Å². The van der Waals surface area contributed by atoms with Crippen LogP contribution in [0.3, 0.4) is 0 Å². The van der Waals surface area contributed by atoms with Crippen molar-refractivity contribution in [3.8, 4) is 11.7 Å². The Bertz CT molecular complexity index is 1140. The van der Waals surface area contributed by atoms with Gasteiger partial charge in [-0.25, -0.2) is 12.8 Å². The summed E-state index contributed by atoms with van der Waals surface area (Å²) in [6.45, 7) is 1.63. The third kappa shape index (κ3) is 3.97. The van der Waals surface area contributed by atoms with E-state index >= 15 is 0 Å². The Kier molecular flexibility index (Phi) is 5.27. The highest BCUT2D eigenvalue weighted by molar-refractivity contribution is 7.89. The van der Waals surface area contributed by atoms with Crippen LogP contribution in [0.1, 0.15) is 37.5 Å². The van der Waals surface area contributed by atoms with Crippen LogP contribution in [0.25, 0.3) is 11.7 Å². The fraction of sp³-hybridized carbons (Fsp3) is 0.429. The predicted molar refractivity (Wildman–Crippen MR) is 111 cm³/mol. The molecule has 0 amide bonds. The number of piperazine rings is 1. The van der Waals surface area contributed by atoms with E-state index in [1.165, 1.54) is 22.5 Å². The van der Waals surface area contributed by atoms with Crippen molar-refractivity contribution in [1.82, 2.24) is 14.5 Å². The lowest BCUT2D eigenvalue weighted by atomic mass is 10.1. The fourth-order valence-electron chi connectivity index (χ4n) is 4.21. The first kappa shape index (κ1) is 20.2. The Labute approximate surface area is 179 Å². The Morgan fingerprint density at radius 1 is 0.903 bits per heavy atom. The zero-order valence-electron chi connectivity index (χ0n) is 16.9. The maximum atomic E-state index is 13.1. The van der Waals surface area contributed by atoms with Gasteiger partial charge in [-0.2, -0.15) is 4.31 Å². The number of hydrogen-bond donors (Lipinski definition) is 0. The highest BCUT2D eigenvalue weighted by atomic mass is 32.2. The number of halogens is 1. The predicted octanol–water partition coefficient (Wildman–Crippen LogP) is 3.64. The average Bonchev–Trinajstić information content (AvgIpc) is 3.55. The number of sulfonamides is 1. The van der Waals surface area contributed by atoms with Crippen LogP contribution in [0.2, 0.25) is 0 Å². The second-order valence-corrected chi connectivity index (χ2v) is 9.78. The van der Waals surface area contributed by atoms with Gasteiger partial charge in [0, 0.05) is 37.8 Å².